The van der Waals surface area contributed by atoms with Gasteiger partial charge >= 0.3 is 6.03 Å². The zero-order valence-electron chi connectivity index (χ0n) is 12.2. The highest BCUT2D eigenvalue weighted by Crippen LogP contribution is 2.14. The molecule has 1 saturated heterocycles. The Morgan fingerprint density at radius 2 is 2.50 bits per heavy atom. The first kappa shape index (κ1) is 15.3. The minimum absolute atomic E-state index is 0.0198. The van der Waals surface area contributed by atoms with E-state index in [2.05, 4.69) is 15.7 Å². The van der Waals surface area contributed by atoms with E-state index < -0.39 is 0 Å². The largest absolute Gasteiger partial charge is 0.381 e. The first-order valence-electron chi connectivity index (χ1n) is 7.20. The lowest BCUT2D eigenvalue weighted by molar-refractivity contribution is 0.166. The average Bonchev–Trinajstić information content (AvgIpc) is 3.07. The van der Waals surface area contributed by atoms with Gasteiger partial charge in [-0.3, -0.25) is 0 Å². The van der Waals surface area contributed by atoms with Gasteiger partial charge in [0, 0.05) is 44.0 Å². The molecule has 5 nitrogen and oxygen atoms in total. The Balaban J connectivity index is 1.71. The molecule has 2 heterocycles. The van der Waals surface area contributed by atoms with Crippen molar-refractivity contribution in [1.29, 1.82) is 0 Å². The van der Waals surface area contributed by atoms with E-state index >= 15 is 0 Å². The van der Waals surface area contributed by atoms with Crippen molar-refractivity contribution in [3.8, 4) is 0 Å². The maximum atomic E-state index is 12.1. The molecule has 1 fully saturated rings. The molecular formula is C14H23N3O2S. The maximum absolute atomic E-state index is 12.1. The lowest BCUT2D eigenvalue weighted by atomic mass is 10.1. The minimum atomic E-state index is 0.0198. The third kappa shape index (κ3) is 4.45. The van der Waals surface area contributed by atoms with Crippen molar-refractivity contribution < 1.29 is 9.53 Å². The summed E-state index contributed by atoms with van der Waals surface area (Å²) in [5, 5.41) is 6.10. The number of amides is 2. The Hall–Kier alpha value is -1.14. The summed E-state index contributed by atoms with van der Waals surface area (Å²) in [7, 11) is 0. The Morgan fingerprint density at radius 1 is 1.65 bits per heavy atom. The van der Waals surface area contributed by atoms with E-state index in [1.807, 2.05) is 18.7 Å². The second-order valence-corrected chi connectivity index (χ2v) is 6.17. The molecule has 0 radical (unpaired) electrons. The quantitative estimate of drug-likeness (QED) is 0.874. The van der Waals surface area contributed by atoms with E-state index in [4.69, 9.17) is 4.74 Å². The van der Waals surface area contributed by atoms with E-state index in [0.29, 0.717) is 12.5 Å². The summed E-state index contributed by atoms with van der Waals surface area (Å²) in [5.74, 6) is 0.488. The minimum Gasteiger partial charge on any atom is -0.381 e. The predicted octanol–water partition coefficient (Wildman–Crippen LogP) is 2.06. The van der Waals surface area contributed by atoms with Gasteiger partial charge in [-0.15, -0.1) is 11.3 Å². The van der Waals surface area contributed by atoms with Gasteiger partial charge < -0.3 is 15.0 Å². The van der Waals surface area contributed by atoms with Crippen LogP contribution in [0.5, 0.6) is 0 Å². The van der Waals surface area contributed by atoms with Crippen LogP contribution < -0.4 is 5.32 Å². The number of nitrogens with zero attached hydrogens (tertiary/aromatic N) is 2. The van der Waals surface area contributed by atoms with Crippen LogP contribution in [-0.2, 0) is 11.2 Å². The van der Waals surface area contributed by atoms with Gasteiger partial charge in [0.1, 0.15) is 0 Å². The van der Waals surface area contributed by atoms with Crippen LogP contribution in [0, 0.1) is 12.8 Å². The molecule has 6 heteroatoms. The summed E-state index contributed by atoms with van der Waals surface area (Å²) in [5.41, 5.74) is 1.06. The number of ether oxygens (including phenoxy) is 1. The van der Waals surface area contributed by atoms with Crippen LogP contribution in [0.3, 0.4) is 0 Å². The molecule has 1 aromatic rings. The lowest BCUT2D eigenvalue weighted by Crippen LogP contribution is -2.43. The fraction of sp³-hybridized carbons (Fsp3) is 0.714. The summed E-state index contributed by atoms with van der Waals surface area (Å²) >= 11 is 1.65. The number of carbonyl (C=O) groups is 1. The molecule has 0 unspecified atom stereocenters. The van der Waals surface area contributed by atoms with E-state index in [1.165, 1.54) is 0 Å². The molecule has 0 saturated carbocycles. The Morgan fingerprint density at radius 3 is 3.10 bits per heavy atom. The fourth-order valence-electron chi connectivity index (χ4n) is 2.33. The monoisotopic (exact) mass is 297 g/mol. The van der Waals surface area contributed by atoms with Gasteiger partial charge in [0.05, 0.1) is 17.3 Å². The van der Waals surface area contributed by atoms with E-state index in [-0.39, 0.29) is 6.03 Å². The van der Waals surface area contributed by atoms with Gasteiger partial charge in [-0.2, -0.15) is 0 Å². The van der Waals surface area contributed by atoms with Crippen molar-refractivity contribution in [2.24, 2.45) is 5.92 Å². The van der Waals surface area contributed by atoms with E-state index in [1.54, 1.807) is 11.3 Å². The molecule has 2 rings (SSSR count). The first-order valence-corrected chi connectivity index (χ1v) is 8.08. The normalized spacial score (nSPS) is 18.2. The number of rotatable bonds is 6. The van der Waals surface area contributed by atoms with Crippen molar-refractivity contribution in [2.45, 2.75) is 26.7 Å². The SMILES string of the molecule is CCN(C[C@H]1CCOC1)C(=O)NCCc1csc(C)n1. The van der Waals surface area contributed by atoms with Gasteiger partial charge in [-0.1, -0.05) is 0 Å². The molecule has 1 aliphatic rings. The molecule has 1 aliphatic heterocycles. The lowest BCUT2D eigenvalue weighted by Gasteiger charge is -2.24. The fourth-order valence-corrected chi connectivity index (χ4v) is 2.97. The molecule has 2 amide bonds. The van der Waals surface area contributed by atoms with Crippen LogP contribution in [-0.4, -0.2) is 48.8 Å². The Kier molecular flexibility index (Phi) is 5.79. The number of thiazole rings is 1. The standard InChI is InChI=1S/C14H23N3O2S/c1-3-17(8-12-5-7-19-9-12)14(18)15-6-4-13-10-20-11(2)16-13/h10,12H,3-9H2,1-2H3,(H,15,18)/t12-/m1/s1. The number of aryl methyl sites for hydroxylation is 1. The molecule has 0 bridgehead atoms. The smallest absolute Gasteiger partial charge is 0.317 e. The second-order valence-electron chi connectivity index (χ2n) is 5.11. The first-order chi connectivity index (χ1) is 9.69. The summed E-state index contributed by atoms with van der Waals surface area (Å²) in [6.45, 7) is 7.78. The summed E-state index contributed by atoms with van der Waals surface area (Å²) in [4.78, 5) is 18.4. The number of urea groups is 1. The molecule has 0 aliphatic carbocycles. The number of nitrogens with one attached hydrogen (secondary N) is 1. The molecule has 1 aromatic heterocycles. The number of carbonyl (C=O) groups excluding carboxylic acids is 1. The molecule has 1 N–H and O–H groups in total. The highest BCUT2D eigenvalue weighted by Gasteiger charge is 2.21. The molecule has 0 aromatic carbocycles. The third-order valence-electron chi connectivity index (χ3n) is 3.50. The van der Waals surface area contributed by atoms with Crippen LogP contribution in [0.15, 0.2) is 5.38 Å². The molecule has 20 heavy (non-hydrogen) atoms. The Labute approximate surface area is 124 Å². The zero-order valence-corrected chi connectivity index (χ0v) is 13.0. The van der Waals surface area contributed by atoms with Gasteiger partial charge in [0.25, 0.3) is 0 Å². The van der Waals surface area contributed by atoms with Crippen LogP contribution in [0.1, 0.15) is 24.0 Å². The molecule has 1 atom stereocenters. The number of hydrogen-bond donors (Lipinski definition) is 1. The zero-order chi connectivity index (χ0) is 14.4. The van der Waals surface area contributed by atoms with Crippen molar-refractivity contribution in [3.63, 3.8) is 0 Å². The highest BCUT2D eigenvalue weighted by atomic mass is 32.1. The van der Waals surface area contributed by atoms with Crippen molar-refractivity contribution >= 4 is 17.4 Å². The van der Waals surface area contributed by atoms with Crippen LogP contribution in [0.2, 0.25) is 0 Å². The van der Waals surface area contributed by atoms with Crippen molar-refractivity contribution in [3.05, 3.63) is 16.1 Å². The molecule has 112 valence electrons. The van der Waals surface area contributed by atoms with E-state index in [9.17, 15) is 4.79 Å². The Bertz CT molecular complexity index is 430. The van der Waals surface area contributed by atoms with Crippen molar-refractivity contribution in [2.75, 3.05) is 32.8 Å². The average molecular weight is 297 g/mol. The predicted molar refractivity (Wildman–Crippen MR) is 80.1 cm³/mol. The van der Waals surface area contributed by atoms with Gasteiger partial charge in [-0.05, 0) is 20.3 Å². The van der Waals surface area contributed by atoms with Gasteiger partial charge in [-0.25, -0.2) is 9.78 Å². The topological polar surface area (TPSA) is 54.5 Å². The summed E-state index contributed by atoms with van der Waals surface area (Å²) in [6.07, 6.45) is 1.85. The number of hydrogen-bond acceptors (Lipinski definition) is 4. The van der Waals surface area contributed by atoms with Crippen LogP contribution >= 0.6 is 11.3 Å². The highest BCUT2D eigenvalue weighted by molar-refractivity contribution is 7.09. The second kappa shape index (κ2) is 7.59. The summed E-state index contributed by atoms with van der Waals surface area (Å²) in [6, 6.07) is 0.0198. The van der Waals surface area contributed by atoms with Crippen LogP contribution in [0.4, 0.5) is 4.79 Å². The van der Waals surface area contributed by atoms with Crippen LogP contribution in [0.25, 0.3) is 0 Å². The number of aromatic nitrogens is 1. The van der Waals surface area contributed by atoms with E-state index in [0.717, 1.165) is 49.8 Å². The summed E-state index contributed by atoms with van der Waals surface area (Å²) < 4.78 is 5.36. The van der Waals surface area contributed by atoms with Crippen molar-refractivity contribution in [1.82, 2.24) is 15.2 Å². The maximum Gasteiger partial charge on any atom is 0.317 e. The molecule has 0 spiro atoms. The van der Waals surface area contributed by atoms with Gasteiger partial charge in [0.15, 0.2) is 0 Å². The molecular weight excluding hydrogens is 274 g/mol. The third-order valence-corrected chi connectivity index (χ3v) is 4.32. The van der Waals surface area contributed by atoms with Gasteiger partial charge in [0.2, 0.25) is 0 Å².